The summed E-state index contributed by atoms with van der Waals surface area (Å²) in [4.78, 5) is 0. The SMILES string of the molecule is CCc1c(N)nnn1-c1c(Cl)cc(Cl)c2c1N=S=N2. The summed E-state index contributed by atoms with van der Waals surface area (Å²) in [5.74, 6) is 0.379. The smallest absolute Gasteiger partial charge is 0.169 e. The van der Waals surface area contributed by atoms with E-state index in [1.165, 1.54) is 0 Å². The van der Waals surface area contributed by atoms with Crippen LogP contribution in [0.3, 0.4) is 0 Å². The summed E-state index contributed by atoms with van der Waals surface area (Å²) in [5.41, 5.74) is 8.37. The monoisotopic (exact) mass is 314 g/mol. The molecule has 1 aliphatic heterocycles. The Bertz CT molecular complexity index is 747. The van der Waals surface area contributed by atoms with Crippen molar-refractivity contribution < 1.29 is 0 Å². The third kappa shape index (κ3) is 1.85. The van der Waals surface area contributed by atoms with E-state index in [0.29, 0.717) is 39.3 Å². The van der Waals surface area contributed by atoms with Gasteiger partial charge in [-0.15, -0.1) is 5.10 Å². The molecule has 0 aliphatic carbocycles. The minimum atomic E-state index is 0.379. The molecule has 0 fully saturated rings. The molecule has 0 bridgehead atoms. The lowest BCUT2D eigenvalue weighted by molar-refractivity contribution is 0.768. The molecule has 9 heteroatoms. The van der Waals surface area contributed by atoms with E-state index in [2.05, 4.69) is 19.0 Å². The highest BCUT2D eigenvalue weighted by molar-refractivity contribution is 7.58. The van der Waals surface area contributed by atoms with Crippen molar-refractivity contribution in [2.75, 3.05) is 5.73 Å². The largest absolute Gasteiger partial charge is 0.381 e. The Balaban J connectivity index is 2.33. The lowest BCUT2D eigenvalue weighted by Gasteiger charge is -2.11. The maximum Gasteiger partial charge on any atom is 0.169 e. The third-order valence-corrected chi connectivity index (χ3v) is 3.86. The van der Waals surface area contributed by atoms with Crippen molar-refractivity contribution in [2.24, 2.45) is 8.73 Å². The Labute approximate surface area is 122 Å². The molecule has 0 saturated heterocycles. The fraction of sp³-hybridized carbons (Fsp3) is 0.200. The van der Waals surface area contributed by atoms with Crippen molar-refractivity contribution in [2.45, 2.75) is 13.3 Å². The number of hydrogen-bond acceptors (Lipinski definition) is 5. The summed E-state index contributed by atoms with van der Waals surface area (Å²) in [6.07, 6.45) is 0.677. The molecule has 0 saturated carbocycles. The number of hydrogen-bond donors (Lipinski definition) is 1. The molecular formula is C10H8Cl2N6S. The molecule has 6 nitrogen and oxygen atoms in total. The fourth-order valence-electron chi connectivity index (χ4n) is 1.89. The number of anilines is 1. The van der Waals surface area contributed by atoms with E-state index in [-0.39, 0.29) is 0 Å². The molecule has 1 aliphatic rings. The summed E-state index contributed by atoms with van der Waals surface area (Å²) in [6.45, 7) is 1.96. The second-order valence-electron chi connectivity index (χ2n) is 3.84. The first-order valence-electron chi connectivity index (χ1n) is 5.44. The van der Waals surface area contributed by atoms with Crippen molar-refractivity contribution in [1.29, 1.82) is 0 Å². The molecule has 0 radical (unpaired) electrons. The fourth-order valence-corrected chi connectivity index (χ4v) is 3.07. The van der Waals surface area contributed by atoms with Crippen molar-refractivity contribution in [3.8, 4) is 5.69 Å². The Morgan fingerprint density at radius 3 is 2.74 bits per heavy atom. The lowest BCUT2D eigenvalue weighted by Crippen LogP contribution is -2.04. The van der Waals surface area contributed by atoms with Crippen LogP contribution in [0.15, 0.2) is 14.8 Å². The summed E-state index contributed by atoms with van der Waals surface area (Å²) >= 11 is 13.4. The highest BCUT2D eigenvalue weighted by Crippen LogP contribution is 2.46. The first kappa shape index (κ1) is 12.6. The Morgan fingerprint density at radius 2 is 2.00 bits per heavy atom. The molecule has 2 aromatic rings. The quantitative estimate of drug-likeness (QED) is 0.786. The molecule has 98 valence electrons. The molecule has 2 N–H and O–H groups in total. The minimum absolute atomic E-state index is 0.379. The van der Waals surface area contributed by atoms with Crippen LogP contribution >= 0.6 is 23.2 Å². The van der Waals surface area contributed by atoms with Crippen molar-refractivity contribution in [3.05, 3.63) is 21.8 Å². The van der Waals surface area contributed by atoms with E-state index in [1.54, 1.807) is 10.7 Å². The minimum Gasteiger partial charge on any atom is -0.381 e. The van der Waals surface area contributed by atoms with Gasteiger partial charge in [-0.25, -0.2) is 4.68 Å². The van der Waals surface area contributed by atoms with E-state index in [0.717, 1.165) is 17.0 Å². The van der Waals surface area contributed by atoms with E-state index in [9.17, 15) is 0 Å². The zero-order chi connectivity index (χ0) is 13.6. The lowest BCUT2D eigenvalue weighted by atomic mass is 10.2. The topological polar surface area (TPSA) is 81.5 Å². The number of halogens is 2. The van der Waals surface area contributed by atoms with E-state index >= 15 is 0 Å². The zero-order valence-electron chi connectivity index (χ0n) is 9.76. The molecule has 0 unspecified atom stereocenters. The second kappa shape index (κ2) is 4.59. The van der Waals surface area contributed by atoms with Gasteiger partial charge >= 0.3 is 0 Å². The van der Waals surface area contributed by atoms with Crippen LogP contribution < -0.4 is 5.73 Å². The number of aromatic nitrogens is 3. The number of nitrogens with two attached hydrogens (primary N) is 1. The van der Waals surface area contributed by atoms with E-state index in [1.807, 2.05) is 6.92 Å². The first-order chi connectivity index (χ1) is 9.13. The van der Waals surface area contributed by atoms with Gasteiger partial charge in [0, 0.05) is 0 Å². The van der Waals surface area contributed by atoms with Crippen LogP contribution in [0.25, 0.3) is 5.69 Å². The van der Waals surface area contributed by atoms with Crippen LogP contribution in [0.1, 0.15) is 12.6 Å². The predicted molar refractivity (Wildman–Crippen MR) is 76.7 cm³/mol. The summed E-state index contributed by atoms with van der Waals surface area (Å²) in [7, 11) is 0. The van der Waals surface area contributed by atoms with Crippen molar-refractivity contribution in [1.82, 2.24) is 15.0 Å². The molecule has 0 spiro atoms. The molecular weight excluding hydrogens is 307 g/mol. The molecule has 19 heavy (non-hydrogen) atoms. The normalized spacial score (nSPS) is 12.6. The van der Waals surface area contributed by atoms with Gasteiger partial charge in [0.25, 0.3) is 0 Å². The zero-order valence-corrected chi connectivity index (χ0v) is 12.1. The predicted octanol–water partition coefficient (Wildman–Crippen LogP) is 3.45. The van der Waals surface area contributed by atoms with Gasteiger partial charge in [-0.2, -0.15) is 8.73 Å². The Morgan fingerprint density at radius 1 is 1.26 bits per heavy atom. The number of nitrogen functional groups attached to an aromatic ring is 1. The van der Waals surface area contributed by atoms with Gasteiger partial charge < -0.3 is 5.73 Å². The summed E-state index contributed by atoms with van der Waals surface area (Å²) in [5, 5.41) is 8.80. The van der Waals surface area contributed by atoms with Gasteiger partial charge in [0.05, 0.1) is 27.1 Å². The van der Waals surface area contributed by atoms with E-state index in [4.69, 9.17) is 28.9 Å². The van der Waals surface area contributed by atoms with Gasteiger partial charge in [0.1, 0.15) is 17.1 Å². The maximum atomic E-state index is 6.26. The molecule has 0 atom stereocenters. The standard InChI is InChI=1S/C10H8Cl2N6S/c1-2-6-10(13)14-17-18(6)9-5(12)3-4(11)7-8(9)16-19-15-7/h3H,2,13H2,1H3. The van der Waals surface area contributed by atoms with Crippen molar-refractivity contribution in [3.63, 3.8) is 0 Å². The van der Waals surface area contributed by atoms with Crippen LogP contribution in [0.5, 0.6) is 0 Å². The average Bonchev–Trinajstić information content (AvgIpc) is 2.97. The van der Waals surface area contributed by atoms with Gasteiger partial charge in [-0.3, -0.25) is 0 Å². The molecule has 0 amide bonds. The molecule has 2 heterocycles. The number of benzene rings is 1. The van der Waals surface area contributed by atoms with Crippen LogP contribution in [0, 0.1) is 0 Å². The van der Waals surface area contributed by atoms with Crippen LogP contribution in [0.4, 0.5) is 17.2 Å². The van der Waals surface area contributed by atoms with Crippen LogP contribution in [-0.4, -0.2) is 15.0 Å². The number of nitrogens with zero attached hydrogens (tertiary/aromatic N) is 5. The second-order valence-corrected chi connectivity index (χ2v) is 5.18. The maximum absolute atomic E-state index is 6.26. The van der Waals surface area contributed by atoms with Crippen LogP contribution in [-0.2, 0) is 17.8 Å². The average molecular weight is 315 g/mol. The number of rotatable bonds is 2. The summed E-state index contributed by atoms with van der Waals surface area (Å²) < 4.78 is 9.98. The molecule has 1 aromatic heterocycles. The number of fused-ring (bicyclic) bond motifs is 1. The Kier molecular flexibility index (Phi) is 3.04. The highest BCUT2D eigenvalue weighted by Gasteiger charge is 2.23. The first-order valence-corrected chi connectivity index (χ1v) is 6.92. The van der Waals surface area contributed by atoms with Gasteiger partial charge in [0.2, 0.25) is 0 Å². The third-order valence-electron chi connectivity index (χ3n) is 2.76. The molecule has 1 aromatic carbocycles. The Hall–Kier alpha value is -1.44. The highest BCUT2D eigenvalue weighted by atomic mass is 35.5. The van der Waals surface area contributed by atoms with Gasteiger partial charge in [-0.05, 0) is 12.5 Å². The van der Waals surface area contributed by atoms with E-state index < -0.39 is 0 Å². The van der Waals surface area contributed by atoms with Gasteiger partial charge in [-0.1, -0.05) is 35.3 Å². The van der Waals surface area contributed by atoms with Gasteiger partial charge in [0.15, 0.2) is 5.82 Å². The van der Waals surface area contributed by atoms with Crippen LogP contribution in [0.2, 0.25) is 10.0 Å². The summed E-state index contributed by atoms with van der Waals surface area (Å²) in [6, 6.07) is 1.62. The van der Waals surface area contributed by atoms with Crippen molar-refractivity contribution >= 4 is 51.7 Å². The molecule has 3 rings (SSSR count).